The molecule has 2 rings (SSSR count). The number of rotatable bonds is 6. The predicted octanol–water partition coefficient (Wildman–Crippen LogP) is -3.88. The lowest BCUT2D eigenvalue weighted by Gasteiger charge is -2.17. The molecule has 0 aromatic carbocycles. The van der Waals surface area contributed by atoms with E-state index in [1.165, 1.54) is 19.2 Å². The number of hydrogen-bond acceptors (Lipinski definition) is 11. The van der Waals surface area contributed by atoms with Crippen LogP contribution in [0.25, 0.3) is 0 Å². The third kappa shape index (κ3) is 6.04. The summed E-state index contributed by atoms with van der Waals surface area (Å²) in [7, 11) is 0. The van der Waals surface area contributed by atoms with Crippen LogP contribution in [0, 0.1) is 0 Å². The standard InChI is InChI=1S/C9H13N3O5.C6H12O4/c10-5-1-2-12(9(16)11-5)8-7(15)6(14)4(3-13)17-8;1-4(8)6(10)5(9)2-3-7/h1-2,4,6-8,13-15H,3H2,(H2,10,11,16);3-6,8-10H,2H2,1H3/t4-,6-,7-,8-;/m1./s1. The minimum atomic E-state index is -1.31. The van der Waals surface area contributed by atoms with Gasteiger partial charge in [-0.1, -0.05) is 0 Å². The van der Waals surface area contributed by atoms with Crippen molar-refractivity contribution in [3.05, 3.63) is 22.7 Å². The van der Waals surface area contributed by atoms with E-state index >= 15 is 0 Å². The molecular formula is C15H25N3O9. The maximum absolute atomic E-state index is 11.5. The Morgan fingerprint density at radius 3 is 2.41 bits per heavy atom. The zero-order chi connectivity index (χ0) is 20.7. The highest BCUT2D eigenvalue weighted by Gasteiger charge is 2.43. The van der Waals surface area contributed by atoms with Crippen LogP contribution in [0.3, 0.4) is 0 Å². The number of aromatic nitrogens is 2. The summed E-state index contributed by atoms with van der Waals surface area (Å²) in [5, 5.41) is 54.6. The molecule has 8 N–H and O–H groups in total. The van der Waals surface area contributed by atoms with Crippen molar-refractivity contribution in [1.29, 1.82) is 0 Å². The Labute approximate surface area is 154 Å². The molecule has 1 aliphatic heterocycles. The summed E-state index contributed by atoms with van der Waals surface area (Å²) in [6.45, 7) is 0.893. The molecule has 2 heterocycles. The van der Waals surface area contributed by atoms with Gasteiger partial charge in [-0.3, -0.25) is 4.57 Å². The molecule has 27 heavy (non-hydrogen) atoms. The molecule has 1 fully saturated rings. The van der Waals surface area contributed by atoms with Crippen molar-refractivity contribution in [3.63, 3.8) is 0 Å². The Morgan fingerprint density at radius 1 is 1.33 bits per heavy atom. The average Bonchev–Trinajstić information content (AvgIpc) is 2.90. The fourth-order valence-electron chi connectivity index (χ4n) is 2.29. The molecule has 1 saturated heterocycles. The summed E-state index contributed by atoms with van der Waals surface area (Å²) in [6, 6.07) is 1.37. The second-order valence-corrected chi connectivity index (χ2v) is 5.97. The maximum atomic E-state index is 11.5. The van der Waals surface area contributed by atoms with E-state index in [2.05, 4.69) is 4.98 Å². The maximum Gasteiger partial charge on any atom is 0.351 e. The van der Waals surface area contributed by atoms with E-state index in [0.717, 1.165) is 4.57 Å². The monoisotopic (exact) mass is 391 g/mol. The number of nitrogen functional groups attached to an aromatic ring is 1. The van der Waals surface area contributed by atoms with Gasteiger partial charge in [0.2, 0.25) is 0 Å². The summed E-state index contributed by atoms with van der Waals surface area (Å²) in [5.74, 6) is 0.0537. The van der Waals surface area contributed by atoms with E-state index in [-0.39, 0.29) is 12.2 Å². The van der Waals surface area contributed by atoms with Gasteiger partial charge in [0.1, 0.15) is 36.5 Å². The highest BCUT2D eigenvalue weighted by molar-refractivity contribution is 5.50. The lowest BCUT2D eigenvalue weighted by Crippen LogP contribution is -2.36. The number of carbonyl (C=O) groups excluding carboxylic acids is 1. The second kappa shape index (κ2) is 10.4. The van der Waals surface area contributed by atoms with Crippen molar-refractivity contribution in [2.45, 2.75) is 56.2 Å². The van der Waals surface area contributed by atoms with Gasteiger partial charge in [-0.05, 0) is 13.0 Å². The van der Waals surface area contributed by atoms with Gasteiger partial charge in [-0.25, -0.2) is 4.79 Å². The smallest absolute Gasteiger partial charge is 0.351 e. The minimum absolute atomic E-state index is 0.0537. The highest BCUT2D eigenvalue weighted by atomic mass is 16.6. The van der Waals surface area contributed by atoms with E-state index in [1.54, 1.807) is 0 Å². The Morgan fingerprint density at radius 2 is 1.96 bits per heavy atom. The zero-order valence-corrected chi connectivity index (χ0v) is 14.6. The van der Waals surface area contributed by atoms with E-state index < -0.39 is 55.1 Å². The van der Waals surface area contributed by atoms with Gasteiger partial charge in [0, 0.05) is 12.6 Å². The van der Waals surface area contributed by atoms with Gasteiger partial charge in [-0.15, -0.1) is 0 Å². The number of aliphatic hydroxyl groups excluding tert-OH is 6. The number of aldehydes is 1. The third-order valence-electron chi connectivity index (χ3n) is 3.87. The first-order valence-electron chi connectivity index (χ1n) is 8.09. The molecule has 0 radical (unpaired) electrons. The molecule has 0 amide bonds. The van der Waals surface area contributed by atoms with Crippen molar-refractivity contribution in [1.82, 2.24) is 9.55 Å². The number of anilines is 1. The SMILES string of the molecule is CC(O)C(O)C(O)CC=O.Nc1ccn([C@@H]2O[C@H](CO)[C@@H](O)[C@H]2O)c(=O)n1. The van der Waals surface area contributed by atoms with Crippen molar-refractivity contribution in [2.24, 2.45) is 0 Å². The summed E-state index contributed by atoms with van der Waals surface area (Å²) in [5.41, 5.74) is 4.63. The van der Waals surface area contributed by atoms with Crippen molar-refractivity contribution in [3.8, 4) is 0 Å². The molecule has 0 aliphatic carbocycles. The van der Waals surface area contributed by atoms with Crippen molar-refractivity contribution < 1.29 is 40.2 Å². The van der Waals surface area contributed by atoms with Gasteiger partial charge in [0.15, 0.2) is 6.23 Å². The molecule has 1 aromatic rings. The van der Waals surface area contributed by atoms with Crippen LogP contribution in [0.2, 0.25) is 0 Å². The van der Waals surface area contributed by atoms with Gasteiger partial charge < -0.3 is 45.9 Å². The van der Waals surface area contributed by atoms with Gasteiger partial charge in [0.25, 0.3) is 0 Å². The average molecular weight is 391 g/mol. The first-order chi connectivity index (χ1) is 12.6. The van der Waals surface area contributed by atoms with Crippen molar-refractivity contribution >= 4 is 12.1 Å². The lowest BCUT2D eigenvalue weighted by molar-refractivity contribution is -0.113. The summed E-state index contributed by atoms with van der Waals surface area (Å²) in [4.78, 5) is 24.8. The number of aliphatic hydroxyl groups is 6. The first-order valence-corrected chi connectivity index (χ1v) is 8.09. The Kier molecular flexibility index (Phi) is 8.92. The van der Waals surface area contributed by atoms with Crippen LogP contribution < -0.4 is 11.4 Å². The van der Waals surface area contributed by atoms with Crippen molar-refractivity contribution in [2.75, 3.05) is 12.3 Å². The van der Waals surface area contributed by atoms with Crippen LogP contribution in [0.4, 0.5) is 5.82 Å². The molecule has 0 spiro atoms. The van der Waals surface area contributed by atoms with Crippen LogP contribution in [-0.2, 0) is 9.53 Å². The van der Waals surface area contributed by atoms with Crippen LogP contribution in [0.15, 0.2) is 17.1 Å². The zero-order valence-electron chi connectivity index (χ0n) is 14.6. The molecule has 0 bridgehead atoms. The largest absolute Gasteiger partial charge is 0.394 e. The van der Waals surface area contributed by atoms with Crippen LogP contribution in [0.1, 0.15) is 19.6 Å². The summed E-state index contributed by atoms with van der Waals surface area (Å²) >= 11 is 0. The molecule has 7 atom stereocenters. The molecule has 1 aliphatic rings. The number of nitrogens with zero attached hydrogens (tertiary/aromatic N) is 2. The topological polar surface area (TPSA) is 209 Å². The molecule has 12 nitrogen and oxygen atoms in total. The Bertz CT molecular complexity index is 654. The van der Waals surface area contributed by atoms with E-state index in [1.807, 2.05) is 0 Å². The van der Waals surface area contributed by atoms with E-state index in [4.69, 9.17) is 30.9 Å². The van der Waals surface area contributed by atoms with Gasteiger partial charge in [-0.2, -0.15) is 4.98 Å². The van der Waals surface area contributed by atoms with Crippen LogP contribution in [0.5, 0.6) is 0 Å². The second-order valence-electron chi connectivity index (χ2n) is 5.97. The molecule has 3 unspecified atom stereocenters. The highest BCUT2D eigenvalue weighted by Crippen LogP contribution is 2.27. The van der Waals surface area contributed by atoms with Gasteiger partial charge >= 0.3 is 5.69 Å². The quantitative estimate of drug-likeness (QED) is 0.233. The fraction of sp³-hybridized carbons (Fsp3) is 0.667. The summed E-state index contributed by atoms with van der Waals surface area (Å²) < 4.78 is 6.19. The normalized spacial score (nSPS) is 28.0. The lowest BCUT2D eigenvalue weighted by atomic mass is 10.1. The molecule has 1 aromatic heterocycles. The molecule has 0 saturated carbocycles. The minimum Gasteiger partial charge on any atom is -0.394 e. The molecular weight excluding hydrogens is 366 g/mol. The number of hydrogen-bond donors (Lipinski definition) is 7. The number of carbonyl (C=O) groups is 1. The molecule has 154 valence electrons. The first kappa shape index (κ1) is 23.1. The third-order valence-corrected chi connectivity index (χ3v) is 3.87. The Hall–Kier alpha value is -1.93. The molecule has 12 heteroatoms. The van der Waals surface area contributed by atoms with E-state index in [9.17, 15) is 19.8 Å². The number of nitrogens with two attached hydrogens (primary N) is 1. The van der Waals surface area contributed by atoms with Crippen LogP contribution >= 0.6 is 0 Å². The van der Waals surface area contributed by atoms with Crippen LogP contribution in [-0.4, -0.2) is 89.7 Å². The van der Waals surface area contributed by atoms with Gasteiger partial charge in [0.05, 0.1) is 18.8 Å². The van der Waals surface area contributed by atoms with E-state index in [0.29, 0.717) is 6.29 Å². The number of ether oxygens (including phenoxy) is 1. The predicted molar refractivity (Wildman–Crippen MR) is 90.3 cm³/mol. The summed E-state index contributed by atoms with van der Waals surface area (Å²) in [6.07, 6.45) is -6.31. The fourth-order valence-corrected chi connectivity index (χ4v) is 2.29. The Balaban J connectivity index is 0.000000314.